The van der Waals surface area contributed by atoms with Gasteiger partial charge < -0.3 is 19.9 Å². The molecule has 1 aliphatic rings. The van der Waals surface area contributed by atoms with Gasteiger partial charge in [0.25, 0.3) is 0 Å². The first kappa shape index (κ1) is 17.8. The number of nitrogens with one attached hydrogen (secondary N) is 1. The summed E-state index contributed by atoms with van der Waals surface area (Å²) in [6.07, 6.45) is 2.68. The first-order valence-electron chi connectivity index (χ1n) is 8.48. The van der Waals surface area contributed by atoms with Crippen molar-refractivity contribution in [3.63, 3.8) is 0 Å². The zero-order valence-corrected chi connectivity index (χ0v) is 14.4. The van der Waals surface area contributed by atoms with Crippen molar-refractivity contribution in [2.45, 2.75) is 19.3 Å². The van der Waals surface area contributed by atoms with E-state index in [0.29, 0.717) is 6.42 Å². The summed E-state index contributed by atoms with van der Waals surface area (Å²) in [5.41, 5.74) is 1.01. The maximum absolute atomic E-state index is 12.0. The molecule has 0 radical (unpaired) electrons. The van der Waals surface area contributed by atoms with Crippen LogP contribution in [-0.2, 0) is 11.2 Å². The van der Waals surface area contributed by atoms with Crippen LogP contribution in [0.1, 0.15) is 18.4 Å². The predicted molar refractivity (Wildman–Crippen MR) is 92.9 cm³/mol. The van der Waals surface area contributed by atoms with E-state index in [0.717, 1.165) is 43.9 Å². The molecule has 5 nitrogen and oxygen atoms in total. The van der Waals surface area contributed by atoms with E-state index in [1.807, 2.05) is 24.3 Å². The van der Waals surface area contributed by atoms with Crippen molar-refractivity contribution >= 4 is 5.91 Å². The lowest BCUT2D eigenvalue weighted by molar-refractivity contribution is -0.120. The van der Waals surface area contributed by atoms with Crippen molar-refractivity contribution in [1.29, 1.82) is 0 Å². The fourth-order valence-electron chi connectivity index (χ4n) is 2.85. The van der Waals surface area contributed by atoms with Gasteiger partial charge in [-0.05, 0) is 57.2 Å². The molecule has 128 valence electrons. The third kappa shape index (κ3) is 6.59. The van der Waals surface area contributed by atoms with Gasteiger partial charge in [-0.25, -0.2) is 0 Å². The van der Waals surface area contributed by atoms with Crippen LogP contribution in [-0.4, -0.2) is 69.1 Å². The molecule has 0 atom stereocenters. The number of ether oxygens (including phenoxy) is 1. The number of rotatable bonds is 7. The van der Waals surface area contributed by atoms with Crippen LogP contribution in [0.15, 0.2) is 24.3 Å². The summed E-state index contributed by atoms with van der Waals surface area (Å²) in [5, 5.41) is 3.02. The van der Waals surface area contributed by atoms with Gasteiger partial charge >= 0.3 is 0 Å². The van der Waals surface area contributed by atoms with E-state index in [1.165, 1.54) is 19.5 Å². The van der Waals surface area contributed by atoms with E-state index in [1.54, 1.807) is 7.11 Å². The summed E-state index contributed by atoms with van der Waals surface area (Å²) in [5.74, 6) is 0.906. The minimum absolute atomic E-state index is 0.0887. The molecule has 0 unspecified atom stereocenters. The number of hydrogen-bond acceptors (Lipinski definition) is 4. The summed E-state index contributed by atoms with van der Waals surface area (Å²) in [4.78, 5) is 16.8. The van der Waals surface area contributed by atoms with Crippen LogP contribution in [0, 0.1) is 0 Å². The SMILES string of the molecule is COc1ccc(CC(=O)NCCCN2CCCN(C)CC2)cc1. The molecule has 0 aliphatic carbocycles. The van der Waals surface area contributed by atoms with Crippen LogP contribution in [0.3, 0.4) is 0 Å². The molecule has 1 heterocycles. The van der Waals surface area contributed by atoms with E-state index < -0.39 is 0 Å². The lowest BCUT2D eigenvalue weighted by Crippen LogP contribution is -2.33. The Morgan fingerprint density at radius 1 is 1.17 bits per heavy atom. The van der Waals surface area contributed by atoms with E-state index >= 15 is 0 Å². The molecule has 0 aromatic heterocycles. The van der Waals surface area contributed by atoms with Crippen LogP contribution >= 0.6 is 0 Å². The third-order valence-corrected chi connectivity index (χ3v) is 4.31. The van der Waals surface area contributed by atoms with Crippen LogP contribution in [0.2, 0.25) is 0 Å². The standard InChI is InChI=1S/C18H29N3O2/c1-20-10-4-12-21(14-13-20)11-3-9-19-18(22)15-16-5-7-17(23-2)8-6-16/h5-8H,3-4,9-15H2,1-2H3,(H,19,22). The summed E-state index contributed by atoms with van der Waals surface area (Å²) >= 11 is 0. The molecular weight excluding hydrogens is 290 g/mol. The lowest BCUT2D eigenvalue weighted by Gasteiger charge is -2.19. The molecule has 1 aromatic carbocycles. The molecule has 1 aromatic rings. The average Bonchev–Trinajstić information content (AvgIpc) is 2.77. The summed E-state index contributed by atoms with van der Waals surface area (Å²) in [7, 11) is 3.83. The molecule has 1 N–H and O–H groups in total. The molecule has 0 spiro atoms. The van der Waals surface area contributed by atoms with Crippen LogP contribution in [0.5, 0.6) is 5.75 Å². The van der Waals surface area contributed by atoms with Crippen molar-refractivity contribution in [2.24, 2.45) is 0 Å². The lowest BCUT2D eigenvalue weighted by atomic mass is 10.1. The van der Waals surface area contributed by atoms with Crippen LogP contribution in [0.4, 0.5) is 0 Å². The quantitative estimate of drug-likeness (QED) is 0.771. The van der Waals surface area contributed by atoms with E-state index in [9.17, 15) is 4.79 Å². The van der Waals surface area contributed by atoms with Gasteiger partial charge in [0.2, 0.25) is 5.91 Å². The molecule has 2 rings (SSSR count). The highest BCUT2D eigenvalue weighted by atomic mass is 16.5. The monoisotopic (exact) mass is 319 g/mol. The topological polar surface area (TPSA) is 44.8 Å². The Kier molecular flexibility index (Phi) is 7.36. The highest BCUT2D eigenvalue weighted by Crippen LogP contribution is 2.11. The molecule has 0 saturated carbocycles. The fraction of sp³-hybridized carbons (Fsp3) is 0.611. The Morgan fingerprint density at radius 2 is 1.96 bits per heavy atom. The minimum atomic E-state index is 0.0887. The van der Waals surface area contributed by atoms with E-state index in [2.05, 4.69) is 22.2 Å². The molecule has 1 fully saturated rings. The molecular formula is C18H29N3O2. The number of hydrogen-bond donors (Lipinski definition) is 1. The maximum atomic E-state index is 12.0. The second-order valence-electron chi connectivity index (χ2n) is 6.23. The summed E-state index contributed by atoms with van der Waals surface area (Å²) < 4.78 is 5.12. The number of nitrogens with zero attached hydrogens (tertiary/aromatic N) is 2. The molecule has 1 aliphatic heterocycles. The van der Waals surface area contributed by atoms with Gasteiger partial charge in [0.05, 0.1) is 13.5 Å². The zero-order valence-electron chi connectivity index (χ0n) is 14.4. The third-order valence-electron chi connectivity index (χ3n) is 4.31. The van der Waals surface area contributed by atoms with Crippen molar-refractivity contribution in [3.05, 3.63) is 29.8 Å². The van der Waals surface area contributed by atoms with Gasteiger partial charge in [-0.15, -0.1) is 0 Å². The van der Waals surface area contributed by atoms with Crippen LogP contribution in [0.25, 0.3) is 0 Å². The fourth-order valence-corrected chi connectivity index (χ4v) is 2.85. The first-order valence-corrected chi connectivity index (χ1v) is 8.48. The number of benzene rings is 1. The van der Waals surface area contributed by atoms with E-state index in [-0.39, 0.29) is 5.91 Å². The maximum Gasteiger partial charge on any atom is 0.224 e. The number of amides is 1. The van der Waals surface area contributed by atoms with Gasteiger partial charge in [0, 0.05) is 19.6 Å². The number of likely N-dealkylation sites (N-methyl/N-ethyl adjacent to an activating group) is 1. The van der Waals surface area contributed by atoms with Crippen molar-refractivity contribution < 1.29 is 9.53 Å². The highest BCUT2D eigenvalue weighted by Gasteiger charge is 2.11. The molecule has 1 amide bonds. The predicted octanol–water partition coefficient (Wildman–Crippen LogP) is 1.38. The Bertz CT molecular complexity index is 476. The van der Waals surface area contributed by atoms with Crippen molar-refractivity contribution in [1.82, 2.24) is 15.1 Å². The van der Waals surface area contributed by atoms with E-state index in [4.69, 9.17) is 4.74 Å². The van der Waals surface area contributed by atoms with Gasteiger partial charge in [0.15, 0.2) is 0 Å². The van der Waals surface area contributed by atoms with Gasteiger partial charge in [0.1, 0.15) is 5.75 Å². The minimum Gasteiger partial charge on any atom is -0.497 e. The first-order chi connectivity index (χ1) is 11.2. The Balaban J connectivity index is 1.60. The molecule has 0 bridgehead atoms. The molecule has 23 heavy (non-hydrogen) atoms. The van der Waals surface area contributed by atoms with Crippen molar-refractivity contribution in [3.8, 4) is 5.75 Å². The molecule has 1 saturated heterocycles. The average molecular weight is 319 g/mol. The smallest absolute Gasteiger partial charge is 0.224 e. The number of carbonyl (C=O) groups is 1. The second kappa shape index (κ2) is 9.53. The Morgan fingerprint density at radius 3 is 2.70 bits per heavy atom. The number of carbonyl (C=O) groups excluding carboxylic acids is 1. The summed E-state index contributed by atoms with van der Waals surface area (Å²) in [6, 6.07) is 7.65. The zero-order chi connectivity index (χ0) is 16.5. The number of methoxy groups -OCH3 is 1. The van der Waals surface area contributed by atoms with Crippen molar-refractivity contribution in [2.75, 3.05) is 53.4 Å². The molecule has 5 heteroatoms. The Labute approximate surface area is 139 Å². The van der Waals surface area contributed by atoms with Gasteiger partial charge in [-0.1, -0.05) is 12.1 Å². The second-order valence-corrected chi connectivity index (χ2v) is 6.23. The Hall–Kier alpha value is -1.59. The van der Waals surface area contributed by atoms with Gasteiger partial charge in [-0.3, -0.25) is 4.79 Å². The van der Waals surface area contributed by atoms with Gasteiger partial charge in [-0.2, -0.15) is 0 Å². The normalized spacial score (nSPS) is 16.8. The van der Waals surface area contributed by atoms with Crippen LogP contribution < -0.4 is 10.1 Å². The largest absolute Gasteiger partial charge is 0.497 e. The highest BCUT2D eigenvalue weighted by molar-refractivity contribution is 5.78. The summed E-state index contributed by atoms with van der Waals surface area (Å²) in [6.45, 7) is 6.46.